The van der Waals surface area contributed by atoms with Crippen molar-refractivity contribution >= 4 is 5.69 Å². The molecule has 0 saturated carbocycles. The molecule has 0 spiro atoms. The Morgan fingerprint density at radius 1 is 1.58 bits per heavy atom. The first kappa shape index (κ1) is 8.60. The lowest BCUT2D eigenvalue weighted by Gasteiger charge is -1.98. The van der Waals surface area contributed by atoms with Gasteiger partial charge in [-0.2, -0.15) is 10.4 Å². The van der Waals surface area contributed by atoms with Gasteiger partial charge >= 0.3 is 0 Å². The zero-order valence-electron chi connectivity index (χ0n) is 7.33. The molecule has 0 radical (unpaired) electrons. The van der Waals surface area contributed by atoms with Gasteiger partial charge in [-0.3, -0.25) is 4.68 Å². The van der Waals surface area contributed by atoms with Gasteiger partial charge in [-0.1, -0.05) is 0 Å². The van der Waals surface area contributed by atoms with Crippen molar-refractivity contribution in [1.29, 1.82) is 5.26 Å². The minimum atomic E-state index is 0.474. The summed E-state index contributed by atoms with van der Waals surface area (Å²) in [6.07, 6.45) is 0.474. The molecular weight excluding hydrogens is 152 g/mol. The molecule has 4 heteroatoms. The average molecular weight is 164 g/mol. The second-order valence-corrected chi connectivity index (χ2v) is 2.72. The Bertz CT molecular complexity index is 319. The first-order valence-electron chi connectivity index (χ1n) is 3.83. The van der Waals surface area contributed by atoms with Gasteiger partial charge < -0.3 is 5.73 Å². The van der Waals surface area contributed by atoms with Crippen LogP contribution < -0.4 is 5.73 Å². The van der Waals surface area contributed by atoms with Gasteiger partial charge in [0.05, 0.1) is 36.1 Å². The number of hydrogen-bond donors (Lipinski definition) is 1. The van der Waals surface area contributed by atoms with Crippen LogP contribution in [0.3, 0.4) is 0 Å². The fourth-order valence-corrected chi connectivity index (χ4v) is 1.08. The zero-order valence-corrected chi connectivity index (χ0v) is 7.33. The molecule has 64 valence electrons. The third kappa shape index (κ3) is 1.40. The average Bonchev–Trinajstić information content (AvgIpc) is 2.30. The smallest absolute Gasteiger partial charge is 0.0825 e. The summed E-state index contributed by atoms with van der Waals surface area (Å²) >= 11 is 0. The van der Waals surface area contributed by atoms with Crippen LogP contribution in [-0.4, -0.2) is 9.78 Å². The predicted octanol–water partition coefficient (Wildman–Crippen LogP) is 0.996. The number of hydrogen-bond acceptors (Lipinski definition) is 3. The van der Waals surface area contributed by atoms with Crippen LogP contribution in [0.25, 0.3) is 0 Å². The van der Waals surface area contributed by atoms with Gasteiger partial charge in [0.2, 0.25) is 0 Å². The lowest BCUT2D eigenvalue weighted by Crippen LogP contribution is -2.02. The molecule has 0 atom stereocenters. The molecule has 0 aromatic carbocycles. The molecule has 12 heavy (non-hydrogen) atoms. The molecule has 1 aromatic rings. The Hall–Kier alpha value is -1.50. The number of nitrogens with zero attached hydrogens (tertiary/aromatic N) is 3. The molecule has 1 rings (SSSR count). The van der Waals surface area contributed by atoms with Gasteiger partial charge in [0.25, 0.3) is 0 Å². The van der Waals surface area contributed by atoms with Crippen molar-refractivity contribution in [2.24, 2.45) is 0 Å². The van der Waals surface area contributed by atoms with E-state index in [1.165, 1.54) is 0 Å². The Morgan fingerprint density at radius 3 is 2.67 bits per heavy atom. The Labute approximate surface area is 71.6 Å². The van der Waals surface area contributed by atoms with Crippen LogP contribution in [0.2, 0.25) is 0 Å². The quantitative estimate of drug-likeness (QED) is 0.708. The van der Waals surface area contributed by atoms with Gasteiger partial charge in [0.1, 0.15) is 0 Å². The summed E-state index contributed by atoms with van der Waals surface area (Å²) in [6, 6.07) is 2.07. The molecule has 0 aliphatic rings. The predicted molar refractivity (Wildman–Crippen MR) is 46.3 cm³/mol. The number of rotatable bonds is 2. The summed E-state index contributed by atoms with van der Waals surface area (Å²) in [4.78, 5) is 0. The van der Waals surface area contributed by atoms with Crippen LogP contribution in [-0.2, 0) is 6.54 Å². The fourth-order valence-electron chi connectivity index (χ4n) is 1.08. The second kappa shape index (κ2) is 3.26. The lowest BCUT2D eigenvalue weighted by molar-refractivity contribution is 0.606. The summed E-state index contributed by atoms with van der Waals surface area (Å²) in [6.45, 7) is 4.40. The van der Waals surface area contributed by atoms with E-state index < -0.39 is 0 Å². The maximum absolute atomic E-state index is 8.37. The van der Waals surface area contributed by atoms with Crippen molar-refractivity contribution in [1.82, 2.24) is 9.78 Å². The van der Waals surface area contributed by atoms with Crippen molar-refractivity contribution in [2.45, 2.75) is 26.8 Å². The lowest BCUT2D eigenvalue weighted by atomic mass is 10.3. The van der Waals surface area contributed by atoms with Gasteiger partial charge in [-0.15, -0.1) is 0 Å². The Kier molecular flexibility index (Phi) is 2.34. The summed E-state index contributed by atoms with van der Waals surface area (Å²) in [7, 11) is 0. The van der Waals surface area contributed by atoms with Gasteiger partial charge in [-0.25, -0.2) is 0 Å². The van der Waals surface area contributed by atoms with Gasteiger partial charge in [0, 0.05) is 0 Å². The highest BCUT2D eigenvalue weighted by molar-refractivity contribution is 5.46. The van der Waals surface area contributed by atoms with Gasteiger partial charge in [0.15, 0.2) is 0 Å². The number of nitrogens with two attached hydrogens (primary N) is 1. The normalized spacial score (nSPS) is 9.75. The minimum absolute atomic E-state index is 0.474. The standard InChI is InChI=1S/C8H12N4/c1-6-8(10)7(2)12(11-6)5-3-4-9/h3,5,10H2,1-2H3. The molecule has 0 aliphatic heterocycles. The third-order valence-electron chi connectivity index (χ3n) is 1.87. The van der Waals surface area contributed by atoms with Crippen LogP contribution in [0.1, 0.15) is 17.8 Å². The van der Waals surface area contributed by atoms with E-state index in [0.717, 1.165) is 17.1 Å². The molecule has 1 aromatic heterocycles. The van der Waals surface area contributed by atoms with E-state index in [1.54, 1.807) is 4.68 Å². The molecule has 0 saturated heterocycles. The number of anilines is 1. The van der Waals surface area contributed by atoms with E-state index >= 15 is 0 Å². The highest BCUT2D eigenvalue weighted by Crippen LogP contribution is 2.14. The summed E-state index contributed by atoms with van der Waals surface area (Å²) in [5, 5.41) is 12.6. The van der Waals surface area contributed by atoms with Crippen LogP contribution in [0.15, 0.2) is 0 Å². The third-order valence-corrected chi connectivity index (χ3v) is 1.87. The monoisotopic (exact) mass is 164 g/mol. The SMILES string of the molecule is Cc1nn(CCC#N)c(C)c1N. The van der Waals surface area contributed by atoms with E-state index in [9.17, 15) is 0 Å². The van der Waals surface area contributed by atoms with E-state index in [2.05, 4.69) is 11.2 Å². The van der Waals surface area contributed by atoms with Crippen molar-refractivity contribution in [2.75, 3.05) is 5.73 Å². The first-order chi connectivity index (χ1) is 5.66. The largest absolute Gasteiger partial charge is 0.396 e. The number of aromatic nitrogens is 2. The Balaban J connectivity index is 2.87. The molecule has 4 nitrogen and oxygen atoms in total. The van der Waals surface area contributed by atoms with E-state index in [1.807, 2.05) is 13.8 Å². The number of nitriles is 1. The molecule has 0 aliphatic carbocycles. The number of aryl methyl sites for hydroxylation is 2. The molecule has 2 N–H and O–H groups in total. The van der Waals surface area contributed by atoms with Crippen LogP contribution >= 0.6 is 0 Å². The van der Waals surface area contributed by atoms with E-state index in [4.69, 9.17) is 11.0 Å². The van der Waals surface area contributed by atoms with E-state index in [-0.39, 0.29) is 0 Å². The molecule has 1 heterocycles. The molecular formula is C8H12N4. The van der Waals surface area contributed by atoms with Crippen LogP contribution in [0.5, 0.6) is 0 Å². The molecule has 0 bridgehead atoms. The maximum Gasteiger partial charge on any atom is 0.0825 e. The van der Waals surface area contributed by atoms with Crippen molar-refractivity contribution in [3.63, 3.8) is 0 Å². The fraction of sp³-hybridized carbons (Fsp3) is 0.500. The summed E-state index contributed by atoms with van der Waals surface area (Å²) < 4.78 is 1.77. The first-order valence-corrected chi connectivity index (χ1v) is 3.83. The maximum atomic E-state index is 8.37. The summed E-state index contributed by atoms with van der Waals surface area (Å²) in [5.74, 6) is 0. The van der Waals surface area contributed by atoms with Gasteiger partial charge in [-0.05, 0) is 13.8 Å². The van der Waals surface area contributed by atoms with Crippen molar-refractivity contribution in [3.8, 4) is 6.07 Å². The zero-order chi connectivity index (χ0) is 9.14. The summed E-state index contributed by atoms with van der Waals surface area (Å²) in [5.41, 5.74) is 8.22. The van der Waals surface area contributed by atoms with Crippen LogP contribution in [0, 0.1) is 25.2 Å². The van der Waals surface area contributed by atoms with Crippen molar-refractivity contribution < 1.29 is 0 Å². The number of nitrogen functional groups attached to an aromatic ring is 1. The molecule has 0 fully saturated rings. The second-order valence-electron chi connectivity index (χ2n) is 2.72. The highest BCUT2D eigenvalue weighted by Gasteiger charge is 2.06. The van der Waals surface area contributed by atoms with Crippen molar-refractivity contribution in [3.05, 3.63) is 11.4 Å². The minimum Gasteiger partial charge on any atom is -0.396 e. The topological polar surface area (TPSA) is 67.6 Å². The van der Waals surface area contributed by atoms with Crippen LogP contribution in [0.4, 0.5) is 5.69 Å². The highest BCUT2D eigenvalue weighted by atomic mass is 15.3. The molecule has 0 amide bonds. The molecule has 0 unspecified atom stereocenters. The van der Waals surface area contributed by atoms with E-state index in [0.29, 0.717) is 13.0 Å². The Morgan fingerprint density at radius 2 is 2.25 bits per heavy atom.